The van der Waals surface area contributed by atoms with Gasteiger partial charge in [0, 0.05) is 45.0 Å². The molecule has 2 rings (SSSR count). The Kier molecular flexibility index (Phi) is 9.08. The number of nitrogens with one attached hydrogen (secondary N) is 2. The maximum atomic E-state index is 5.93. The second-order valence-corrected chi connectivity index (χ2v) is 6.84. The Morgan fingerprint density at radius 1 is 1.32 bits per heavy atom. The highest BCUT2D eigenvalue weighted by atomic mass is 35.5. The zero-order valence-electron chi connectivity index (χ0n) is 15.3. The first-order valence-corrected chi connectivity index (χ1v) is 9.45. The summed E-state index contributed by atoms with van der Waals surface area (Å²) in [4.78, 5) is 4.28. The molecular formula is C19H30ClN3O2. The Balaban J connectivity index is 1.59. The van der Waals surface area contributed by atoms with E-state index in [1.807, 2.05) is 24.3 Å². The number of aliphatic imine (C=N–C) groups is 1. The van der Waals surface area contributed by atoms with E-state index in [4.69, 9.17) is 21.1 Å². The molecule has 2 N–H and O–H groups in total. The first kappa shape index (κ1) is 20.0. The van der Waals surface area contributed by atoms with E-state index in [0.29, 0.717) is 5.92 Å². The maximum absolute atomic E-state index is 5.93. The normalized spacial score (nSPS) is 17.3. The van der Waals surface area contributed by atoms with Gasteiger partial charge in [-0.2, -0.15) is 0 Å². The highest BCUT2D eigenvalue weighted by Gasteiger charge is 2.13. The minimum atomic E-state index is 0.160. The molecule has 0 spiro atoms. The lowest BCUT2D eigenvalue weighted by molar-refractivity contribution is 0.0203. The van der Waals surface area contributed by atoms with Crippen LogP contribution in [0.5, 0.6) is 0 Å². The highest BCUT2D eigenvalue weighted by Crippen LogP contribution is 2.16. The van der Waals surface area contributed by atoms with Crippen molar-refractivity contribution in [3.05, 3.63) is 34.9 Å². The minimum Gasteiger partial charge on any atom is -0.381 e. The summed E-state index contributed by atoms with van der Waals surface area (Å²) in [6.07, 6.45) is 3.20. The molecule has 1 atom stereocenters. The predicted octanol–water partition coefficient (Wildman–Crippen LogP) is 3.40. The molecule has 1 aliphatic rings. The molecular weight excluding hydrogens is 338 g/mol. The van der Waals surface area contributed by atoms with Gasteiger partial charge in [0.2, 0.25) is 0 Å². The van der Waals surface area contributed by atoms with Crippen LogP contribution in [0.25, 0.3) is 0 Å². The van der Waals surface area contributed by atoms with Gasteiger partial charge in [-0.3, -0.25) is 4.99 Å². The average molecular weight is 368 g/mol. The van der Waals surface area contributed by atoms with E-state index in [1.54, 1.807) is 7.05 Å². The maximum Gasteiger partial charge on any atom is 0.191 e. The number of guanidine groups is 1. The van der Waals surface area contributed by atoms with Gasteiger partial charge < -0.3 is 20.1 Å². The summed E-state index contributed by atoms with van der Waals surface area (Å²) in [7, 11) is 1.78. The van der Waals surface area contributed by atoms with Crippen molar-refractivity contribution in [1.29, 1.82) is 0 Å². The predicted molar refractivity (Wildman–Crippen MR) is 103 cm³/mol. The zero-order valence-corrected chi connectivity index (χ0v) is 16.0. The third-order valence-corrected chi connectivity index (χ3v) is 4.65. The fourth-order valence-electron chi connectivity index (χ4n) is 2.78. The Bertz CT molecular complexity index is 516. The topological polar surface area (TPSA) is 54.9 Å². The second kappa shape index (κ2) is 11.3. The molecule has 1 aliphatic heterocycles. The molecule has 1 saturated heterocycles. The summed E-state index contributed by atoms with van der Waals surface area (Å²) in [5, 5.41) is 7.47. The summed E-state index contributed by atoms with van der Waals surface area (Å²) in [6, 6.07) is 8.02. The van der Waals surface area contributed by atoms with Crippen LogP contribution in [0.4, 0.5) is 0 Å². The summed E-state index contributed by atoms with van der Waals surface area (Å²) in [5.41, 5.74) is 1.17. The number of hydrogen-bond donors (Lipinski definition) is 2. The molecule has 0 amide bonds. The molecule has 1 unspecified atom stereocenters. The van der Waals surface area contributed by atoms with Crippen molar-refractivity contribution in [1.82, 2.24) is 10.6 Å². The molecule has 0 aliphatic carbocycles. The summed E-state index contributed by atoms with van der Waals surface area (Å²) in [5.74, 6) is 1.46. The largest absolute Gasteiger partial charge is 0.381 e. The average Bonchev–Trinajstić information content (AvgIpc) is 2.64. The molecule has 6 heteroatoms. The van der Waals surface area contributed by atoms with E-state index >= 15 is 0 Å². The monoisotopic (exact) mass is 367 g/mol. The van der Waals surface area contributed by atoms with Gasteiger partial charge in [0.15, 0.2) is 5.96 Å². The SMILES string of the molecule is CN=C(NCCCOCC1CCOCC1)NC(C)c1ccc(Cl)cc1. The van der Waals surface area contributed by atoms with E-state index in [1.165, 1.54) is 5.56 Å². The zero-order chi connectivity index (χ0) is 17.9. The van der Waals surface area contributed by atoms with Gasteiger partial charge in [0.05, 0.1) is 6.04 Å². The second-order valence-electron chi connectivity index (χ2n) is 6.40. The van der Waals surface area contributed by atoms with Gasteiger partial charge in [0.25, 0.3) is 0 Å². The molecule has 25 heavy (non-hydrogen) atoms. The van der Waals surface area contributed by atoms with Crippen LogP contribution in [-0.4, -0.2) is 46.0 Å². The number of halogens is 1. The van der Waals surface area contributed by atoms with Crippen molar-refractivity contribution in [3.63, 3.8) is 0 Å². The Morgan fingerprint density at radius 2 is 2.04 bits per heavy atom. The first-order valence-electron chi connectivity index (χ1n) is 9.07. The Labute approximate surface area is 156 Å². The van der Waals surface area contributed by atoms with E-state index in [-0.39, 0.29) is 6.04 Å². The third kappa shape index (κ3) is 7.63. The smallest absolute Gasteiger partial charge is 0.191 e. The molecule has 140 valence electrons. The lowest BCUT2D eigenvalue weighted by Crippen LogP contribution is -2.39. The highest BCUT2D eigenvalue weighted by molar-refractivity contribution is 6.30. The lowest BCUT2D eigenvalue weighted by Gasteiger charge is -2.22. The van der Waals surface area contributed by atoms with Crippen LogP contribution in [-0.2, 0) is 9.47 Å². The summed E-state index contributed by atoms with van der Waals surface area (Å²) in [6.45, 7) is 6.32. The summed E-state index contributed by atoms with van der Waals surface area (Å²) < 4.78 is 11.1. The van der Waals surface area contributed by atoms with Crippen LogP contribution in [0.2, 0.25) is 5.02 Å². The molecule has 1 fully saturated rings. The van der Waals surface area contributed by atoms with Gasteiger partial charge in [-0.25, -0.2) is 0 Å². The van der Waals surface area contributed by atoms with Crippen molar-refractivity contribution < 1.29 is 9.47 Å². The Hall–Kier alpha value is -1.30. The van der Waals surface area contributed by atoms with Gasteiger partial charge >= 0.3 is 0 Å². The van der Waals surface area contributed by atoms with E-state index < -0.39 is 0 Å². The van der Waals surface area contributed by atoms with Crippen molar-refractivity contribution in [2.75, 3.05) is 40.0 Å². The lowest BCUT2D eigenvalue weighted by atomic mass is 10.0. The van der Waals surface area contributed by atoms with Gasteiger partial charge in [-0.15, -0.1) is 0 Å². The standard InChI is InChI=1S/C19H30ClN3O2/c1-15(17-4-6-18(20)7-5-17)23-19(21-2)22-10-3-11-25-14-16-8-12-24-13-9-16/h4-7,15-16H,3,8-14H2,1-2H3,(H2,21,22,23). The quantitative estimate of drug-likeness (QED) is 0.420. The first-order chi connectivity index (χ1) is 12.2. The van der Waals surface area contributed by atoms with Crippen molar-refractivity contribution in [3.8, 4) is 0 Å². The van der Waals surface area contributed by atoms with Crippen LogP contribution >= 0.6 is 11.6 Å². The molecule has 0 radical (unpaired) electrons. The molecule has 5 nitrogen and oxygen atoms in total. The molecule has 1 aromatic rings. The Morgan fingerprint density at radius 3 is 2.72 bits per heavy atom. The van der Waals surface area contributed by atoms with Gasteiger partial charge in [0.1, 0.15) is 0 Å². The van der Waals surface area contributed by atoms with Crippen molar-refractivity contribution in [2.45, 2.75) is 32.2 Å². The van der Waals surface area contributed by atoms with Gasteiger partial charge in [-0.05, 0) is 49.8 Å². The number of rotatable bonds is 8. The molecule has 0 bridgehead atoms. The minimum absolute atomic E-state index is 0.160. The van der Waals surface area contributed by atoms with Crippen molar-refractivity contribution in [2.24, 2.45) is 10.9 Å². The fourth-order valence-corrected chi connectivity index (χ4v) is 2.90. The van der Waals surface area contributed by atoms with Crippen LogP contribution < -0.4 is 10.6 Å². The number of ether oxygens (including phenoxy) is 2. The van der Waals surface area contributed by atoms with Crippen LogP contribution in [0.3, 0.4) is 0 Å². The van der Waals surface area contributed by atoms with Crippen molar-refractivity contribution >= 4 is 17.6 Å². The molecule has 0 aromatic heterocycles. The third-order valence-electron chi connectivity index (χ3n) is 4.40. The van der Waals surface area contributed by atoms with Gasteiger partial charge in [-0.1, -0.05) is 23.7 Å². The van der Waals surface area contributed by atoms with E-state index in [0.717, 1.165) is 63.2 Å². The molecule has 1 heterocycles. The number of hydrogen-bond acceptors (Lipinski definition) is 3. The van der Waals surface area contributed by atoms with Crippen LogP contribution in [0, 0.1) is 5.92 Å². The molecule has 1 aromatic carbocycles. The van der Waals surface area contributed by atoms with E-state index in [9.17, 15) is 0 Å². The van der Waals surface area contributed by atoms with Crippen LogP contribution in [0.15, 0.2) is 29.3 Å². The molecule has 0 saturated carbocycles. The van der Waals surface area contributed by atoms with Crippen LogP contribution in [0.1, 0.15) is 37.8 Å². The fraction of sp³-hybridized carbons (Fsp3) is 0.632. The number of benzene rings is 1. The summed E-state index contributed by atoms with van der Waals surface area (Å²) >= 11 is 5.93. The van der Waals surface area contributed by atoms with E-state index in [2.05, 4.69) is 22.5 Å². The number of nitrogens with zero attached hydrogens (tertiary/aromatic N) is 1.